The molecule has 1 amide bonds. The number of carbonyl (C=O) groups is 1. The second-order valence-electron chi connectivity index (χ2n) is 4.86. The van der Waals surface area contributed by atoms with E-state index in [9.17, 15) is 13.6 Å². The molecule has 2 N–H and O–H groups in total. The van der Waals surface area contributed by atoms with Gasteiger partial charge in [0.1, 0.15) is 5.75 Å². The Balaban J connectivity index is 1.88. The fraction of sp³-hybridized carbons (Fsp3) is 0.500. The standard InChI is InChI=1S/C14H18F2N2O2/c1-2-7-20-11-5-3-10(4-6-11)18-13(19)12-8-14(15,16)9-17-12/h3-6,12,17H,2,7-9H2,1H3,(H,18,19). The summed E-state index contributed by atoms with van der Waals surface area (Å²) >= 11 is 0. The van der Waals surface area contributed by atoms with Gasteiger partial charge in [0.15, 0.2) is 0 Å². The molecule has 6 heteroatoms. The average Bonchev–Trinajstić information content (AvgIpc) is 2.78. The van der Waals surface area contributed by atoms with Crippen LogP contribution >= 0.6 is 0 Å². The zero-order valence-electron chi connectivity index (χ0n) is 11.3. The number of anilines is 1. The van der Waals surface area contributed by atoms with Crippen molar-refractivity contribution in [3.05, 3.63) is 24.3 Å². The van der Waals surface area contributed by atoms with Crippen LogP contribution in [0.4, 0.5) is 14.5 Å². The Kier molecular flexibility index (Phi) is 4.54. The van der Waals surface area contributed by atoms with Crippen LogP contribution in [0.2, 0.25) is 0 Å². The summed E-state index contributed by atoms with van der Waals surface area (Å²) in [6, 6.07) is 6.01. The lowest BCUT2D eigenvalue weighted by Gasteiger charge is -2.12. The average molecular weight is 284 g/mol. The highest BCUT2D eigenvalue weighted by molar-refractivity contribution is 5.95. The van der Waals surface area contributed by atoms with Crippen LogP contribution in [0.3, 0.4) is 0 Å². The van der Waals surface area contributed by atoms with Gasteiger partial charge in [-0.05, 0) is 30.7 Å². The monoisotopic (exact) mass is 284 g/mol. The maximum atomic E-state index is 13.0. The molecule has 1 unspecified atom stereocenters. The minimum Gasteiger partial charge on any atom is -0.494 e. The van der Waals surface area contributed by atoms with Gasteiger partial charge >= 0.3 is 0 Å². The van der Waals surface area contributed by atoms with Crippen LogP contribution in [0, 0.1) is 0 Å². The number of nitrogens with one attached hydrogen (secondary N) is 2. The van der Waals surface area contributed by atoms with Crippen molar-refractivity contribution in [2.75, 3.05) is 18.5 Å². The molecule has 1 fully saturated rings. The number of alkyl halides is 2. The molecule has 110 valence electrons. The van der Waals surface area contributed by atoms with Gasteiger partial charge in [-0.2, -0.15) is 0 Å². The molecule has 1 saturated heterocycles. The van der Waals surface area contributed by atoms with Gasteiger partial charge in [0, 0.05) is 12.1 Å². The van der Waals surface area contributed by atoms with Crippen molar-refractivity contribution in [2.24, 2.45) is 0 Å². The van der Waals surface area contributed by atoms with Gasteiger partial charge in [-0.25, -0.2) is 8.78 Å². The molecule has 0 aromatic heterocycles. The van der Waals surface area contributed by atoms with Crippen LogP contribution in [0.25, 0.3) is 0 Å². The molecule has 1 aliphatic heterocycles. The molecule has 0 aliphatic carbocycles. The number of hydrogen-bond acceptors (Lipinski definition) is 3. The molecule has 20 heavy (non-hydrogen) atoms. The van der Waals surface area contributed by atoms with E-state index >= 15 is 0 Å². The topological polar surface area (TPSA) is 50.4 Å². The van der Waals surface area contributed by atoms with Gasteiger partial charge in [0.2, 0.25) is 5.91 Å². The lowest BCUT2D eigenvalue weighted by molar-refractivity contribution is -0.118. The van der Waals surface area contributed by atoms with Crippen molar-refractivity contribution in [1.82, 2.24) is 5.32 Å². The molecule has 0 radical (unpaired) electrons. The first-order valence-electron chi connectivity index (χ1n) is 6.65. The Bertz CT molecular complexity index is 463. The molecule has 1 aliphatic rings. The third-order valence-corrected chi connectivity index (χ3v) is 3.02. The molecule has 1 aromatic rings. The number of amides is 1. The first-order chi connectivity index (χ1) is 9.50. The van der Waals surface area contributed by atoms with Gasteiger partial charge in [0.05, 0.1) is 19.2 Å². The summed E-state index contributed by atoms with van der Waals surface area (Å²) in [4.78, 5) is 11.8. The van der Waals surface area contributed by atoms with Crippen molar-refractivity contribution >= 4 is 11.6 Å². The zero-order chi connectivity index (χ0) is 14.6. The summed E-state index contributed by atoms with van der Waals surface area (Å²) in [5.41, 5.74) is 0.566. The first-order valence-corrected chi connectivity index (χ1v) is 6.65. The minimum absolute atomic E-state index is 0.440. The molecular formula is C14H18F2N2O2. The number of hydrogen-bond donors (Lipinski definition) is 2. The Morgan fingerprint density at radius 2 is 2.15 bits per heavy atom. The SMILES string of the molecule is CCCOc1ccc(NC(=O)C2CC(F)(F)CN2)cc1. The van der Waals surface area contributed by atoms with E-state index in [4.69, 9.17) is 4.74 Å². The molecular weight excluding hydrogens is 266 g/mol. The number of benzene rings is 1. The molecule has 1 aromatic carbocycles. The summed E-state index contributed by atoms with van der Waals surface area (Å²) in [5.74, 6) is -2.53. The number of halogens is 2. The van der Waals surface area contributed by atoms with Crippen molar-refractivity contribution in [2.45, 2.75) is 31.7 Å². The normalized spacial score (nSPS) is 20.6. The summed E-state index contributed by atoms with van der Waals surface area (Å²) in [6.07, 6.45) is 0.455. The highest BCUT2D eigenvalue weighted by Gasteiger charge is 2.42. The van der Waals surface area contributed by atoms with Gasteiger partial charge in [0.25, 0.3) is 5.92 Å². The van der Waals surface area contributed by atoms with E-state index in [-0.39, 0.29) is 0 Å². The van der Waals surface area contributed by atoms with E-state index in [1.54, 1.807) is 24.3 Å². The van der Waals surface area contributed by atoms with Crippen molar-refractivity contribution in [1.29, 1.82) is 0 Å². The molecule has 4 nitrogen and oxygen atoms in total. The van der Waals surface area contributed by atoms with Gasteiger partial charge in [-0.15, -0.1) is 0 Å². The van der Waals surface area contributed by atoms with E-state index in [1.165, 1.54) is 0 Å². The summed E-state index contributed by atoms with van der Waals surface area (Å²) < 4.78 is 31.4. The maximum absolute atomic E-state index is 13.0. The fourth-order valence-corrected chi connectivity index (χ4v) is 1.98. The second kappa shape index (κ2) is 6.17. The fourth-order valence-electron chi connectivity index (χ4n) is 1.98. The molecule has 0 saturated carbocycles. The largest absolute Gasteiger partial charge is 0.494 e. The van der Waals surface area contributed by atoms with E-state index in [2.05, 4.69) is 10.6 Å². The Labute approximate surface area is 116 Å². The quantitative estimate of drug-likeness (QED) is 0.873. The Hall–Kier alpha value is -1.69. The number of rotatable bonds is 5. The highest BCUT2D eigenvalue weighted by atomic mass is 19.3. The lowest BCUT2D eigenvalue weighted by Crippen LogP contribution is -2.35. The van der Waals surface area contributed by atoms with E-state index in [1.807, 2.05) is 6.92 Å². The van der Waals surface area contributed by atoms with Gasteiger partial charge < -0.3 is 10.1 Å². The van der Waals surface area contributed by atoms with Crippen molar-refractivity contribution < 1.29 is 18.3 Å². The van der Waals surface area contributed by atoms with Gasteiger partial charge in [-0.1, -0.05) is 6.92 Å². The third-order valence-electron chi connectivity index (χ3n) is 3.02. The smallest absolute Gasteiger partial charge is 0.262 e. The number of ether oxygens (including phenoxy) is 1. The van der Waals surface area contributed by atoms with Crippen LogP contribution in [-0.2, 0) is 4.79 Å². The van der Waals surface area contributed by atoms with E-state index in [0.717, 1.165) is 12.2 Å². The van der Waals surface area contributed by atoms with Crippen LogP contribution in [0.15, 0.2) is 24.3 Å². The lowest BCUT2D eigenvalue weighted by atomic mass is 10.2. The molecule has 2 rings (SSSR count). The third kappa shape index (κ3) is 3.90. The molecule has 0 bridgehead atoms. The summed E-state index contributed by atoms with van der Waals surface area (Å²) in [6.45, 7) is 2.20. The summed E-state index contributed by atoms with van der Waals surface area (Å²) in [5, 5.41) is 5.13. The Morgan fingerprint density at radius 3 is 2.70 bits per heavy atom. The summed E-state index contributed by atoms with van der Waals surface area (Å²) in [7, 11) is 0. The first kappa shape index (κ1) is 14.7. The zero-order valence-corrected chi connectivity index (χ0v) is 11.3. The number of carbonyl (C=O) groups excluding carboxylic acids is 1. The van der Waals surface area contributed by atoms with Crippen molar-refractivity contribution in [3.63, 3.8) is 0 Å². The van der Waals surface area contributed by atoms with E-state index in [0.29, 0.717) is 12.3 Å². The molecule has 0 spiro atoms. The highest BCUT2D eigenvalue weighted by Crippen LogP contribution is 2.26. The minimum atomic E-state index is -2.81. The molecule has 1 heterocycles. The van der Waals surface area contributed by atoms with Crippen LogP contribution in [-0.4, -0.2) is 31.0 Å². The van der Waals surface area contributed by atoms with Crippen LogP contribution in [0.1, 0.15) is 19.8 Å². The Morgan fingerprint density at radius 1 is 1.45 bits per heavy atom. The predicted molar refractivity (Wildman–Crippen MR) is 72.2 cm³/mol. The maximum Gasteiger partial charge on any atom is 0.262 e. The second-order valence-corrected chi connectivity index (χ2v) is 4.86. The van der Waals surface area contributed by atoms with E-state index < -0.39 is 30.8 Å². The predicted octanol–water partition coefficient (Wildman–Crippen LogP) is 2.41. The van der Waals surface area contributed by atoms with Crippen LogP contribution in [0.5, 0.6) is 5.75 Å². The van der Waals surface area contributed by atoms with Crippen molar-refractivity contribution in [3.8, 4) is 5.75 Å². The van der Waals surface area contributed by atoms with Gasteiger partial charge in [-0.3, -0.25) is 10.1 Å². The molecule has 1 atom stereocenters. The van der Waals surface area contributed by atoms with Crippen LogP contribution < -0.4 is 15.4 Å².